The van der Waals surface area contributed by atoms with Crippen LogP contribution in [0.1, 0.15) is 34.1 Å². The Morgan fingerprint density at radius 1 is 1.05 bits per heavy atom. The summed E-state index contributed by atoms with van der Waals surface area (Å²) in [5.74, 6) is -1.51. The number of hydrogen-bond donors (Lipinski definition) is 3. The van der Waals surface area contributed by atoms with Crippen molar-refractivity contribution in [1.29, 1.82) is 0 Å². The maximum absolute atomic E-state index is 11.8. The highest BCUT2D eigenvalue weighted by molar-refractivity contribution is 5.95. The molecule has 0 saturated heterocycles. The molecular formula is C15H18N2O4. The first-order valence-corrected chi connectivity index (χ1v) is 6.47. The fraction of sp³-hybridized carbons (Fsp3) is 0.267. The number of nitrogens with one attached hydrogen (secondary N) is 2. The van der Waals surface area contributed by atoms with Crippen LogP contribution in [0, 0.1) is 0 Å². The van der Waals surface area contributed by atoms with Crippen LogP contribution in [0.5, 0.6) is 0 Å². The van der Waals surface area contributed by atoms with Crippen molar-refractivity contribution in [3.63, 3.8) is 0 Å². The average molecular weight is 290 g/mol. The number of rotatable bonds is 7. The molecule has 0 saturated carbocycles. The van der Waals surface area contributed by atoms with Crippen molar-refractivity contribution >= 4 is 17.8 Å². The summed E-state index contributed by atoms with van der Waals surface area (Å²) >= 11 is 0. The van der Waals surface area contributed by atoms with Gasteiger partial charge in [-0.3, -0.25) is 9.59 Å². The summed E-state index contributed by atoms with van der Waals surface area (Å²) in [5.41, 5.74) is 0.970. The zero-order valence-corrected chi connectivity index (χ0v) is 11.8. The molecule has 0 radical (unpaired) electrons. The lowest BCUT2D eigenvalue weighted by Crippen LogP contribution is -2.30. The van der Waals surface area contributed by atoms with Crippen molar-refractivity contribution in [2.45, 2.75) is 13.3 Å². The summed E-state index contributed by atoms with van der Waals surface area (Å²) in [6.07, 6.45) is 0.595. The highest BCUT2D eigenvalue weighted by atomic mass is 16.4. The molecule has 0 aliphatic carbocycles. The van der Waals surface area contributed by atoms with Gasteiger partial charge >= 0.3 is 5.97 Å². The third-order valence-corrected chi connectivity index (χ3v) is 2.71. The first kappa shape index (κ1) is 16.4. The Morgan fingerprint density at radius 3 is 2.10 bits per heavy atom. The quantitative estimate of drug-likeness (QED) is 0.519. The molecule has 0 aliphatic heterocycles. The number of carbonyl (C=O) groups is 3. The Hall–Kier alpha value is -2.63. The fourth-order valence-corrected chi connectivity index (χ4v) is 1.51. The Bertz CT molecular complexity index is 549. The van der Waals surface area contributed by atoms with E-state index in [4.69, 9.17) is 5.11 Å². The van der Waals surface area contributed by atoms with Crippen LogP contribution >= 0.6 is 0 Å². The number of amides is 2. The van der Waals surface area contributed by atoms with E-state index < -0.39 is 5.97 Å². The molecule has 1 aromatic rings. The normalized spacial score (nSPS) is 9.76. The minimum atomic E-state index is -1.03. The van der Waals surface area contributed by atoms with Crippen molar-refractivity contribution in [2.75, 3.05) is 13.1 Å². The minimum Gasteiger partial charge on any atom is -0.478 e. The number of carboxylic acid groups (broad SMARTS) is 1. The molecule has 6 nitrogen and oxygen atoms in total. The second-order valence-corrected chi connectivity index (χ2v) is 4.53. The van der Waals surface area contributed by atoms with Gasteiger partial charge in [-0.25, -0.2) is 4.79 Å². The van der Waals surface area contributed by atoms with Crippen LogP contribution in [0.15, 0.2) is 36.4 Å². The summed E-state index contributed by atoms with van der Waals surface area (Å²) in [7, 11) is 0. The van der Waals surface area contributed by atoms with Crippen LogP contribution < -0.4 is 10.6 Å². The predicted octanol–water partition coefficient (Wildman–Crippen LogP) is 1.20. The highest BCUT2D eigenvalue weighted by Gasteiger charge is 2.07. The van der Waals surface area contributed by atoms with Crippen molar-refractivity contribution < 1.29 is 19.5 Å². The van der Waals surface area contributed by atoms with Gasteiger partial charge in [-0.05, 0) is 37.6 Å². The lowest BCUT2D eigenvalue weighted by atomic mass is 10.1. The minimum absolute atomic E-state index is 0.133. The topological polar surface area (TPSA) is 95.5 Å². The van der Waals surface area contributed by atoms with Gasteiger partial charge < -0.3 is 15.7 Å². The molecule has 0 aromatic heterocycles. The molecule has 0 bridgehead atoms. The van der Waals surface area contributed by atoms with Gasteiger partial charge in [0.15, 0.2) is 0 Å². The van der Waals surface area contributed by atoms with Gasteiger partial charge in [0.25, 0.3) is 5.91 Å². The number of benzene rings is 1. The number of hydrogen-bond acceptors (Lipinski definition) is 3. The molecule has 21 heavy (non-hydrogen) atoms. The van der Waals surface area contributed by atoms with Crippen LogP contribution in [0.25, 0.3) is 0 Å². The first-order chi connectivity index (χ1) is 9.91. The smallest absolute Gasteiger partial charge is 0.335 e. The lowest BCUT2D eigenvalue weighted by molar-refractivity contribution is -0.117. The Labute approximate surface area is 122 Å². The lowest BCUT2D eigenvalue weighted by Gasteiger charge is -2.07. The number of aromatic carboxylic acids is 1. The van der Waals surface area contributed by atoms with E-state index in [1.165, 1.54) is 24.3 Å². The zero-order chi connectivity index (χ0) is 15.8. The predicted molar refractivity (Wildman–Crippen MR) is 78.2 cm³/mol. The van der Waals surface area contributed by atoms with Gasteiger partial charge in [0.05, 0.1) is 5.56 Å². The van der Waals surface area contributed by atoms with Crippen molar-refractivity contribution in [1.82, 2.24) is 10.6 Å². The summed E-state index contributed by atoms with van der Waals surface area (Å²) in [6, 6.07) is 5.68. The Morgan fingerprint density at radius 2 is 1.57 bits per heavy atom. The monoisotopic (exact) mass is 290 g/mol. The Balaban J connectivity index is 2.32. The maximum atomic E-state index is 11.8. The molecule has 1 rings (SSSR count). The van der Waals surface area contributed by atoms with Crippen LogP contribution in [-0.2, 0) is 4.79 Å². The molecule has 0 spiro atoms. The van der Waals surface area contributed by atoms with Crippen LogP contribution in [0.3, 0.4) is 0 Å². The van der Waals surface area contributed by atoms with E-state index in [1.807, 2.05) is 0 Å². The fourth-order valence-electron chi connectivity index (χ4n) is 1.51. The summed E-state index contributed by atoms with van der Waals surface area (Å²) in [6.45, 7) is 6.00. The molecular weight excluding hydrogens is 272 g/mol. The van der Waals surface area contributed by atoms with Crippen LogP contribution in [-0.4, -0.2) is 36.0 Å². The SMILES string of the molecule is C=C(C)C(=O)NCCCNC(=O)c1ccc(C(=O)O)cc1. The Kier molecular flexibility index (Phi) is 6.13. The average Bonchev–Trinajstić information content (AvgIpc) is 2.46. The van der Waals surface area contributed by atoms with E-state index in [-0.39, 0.29) is 17.4 Å². The van der Waals surface area contributed by atoms with Gasteiger partial charge in [-0.2, -0.15) is 0 Å². The third kappa shape index (κ3) is 5.48. The van der Waals surface area contributed by atoms with Gasteiger partial charge in [0.2, 0.25) is 5.91 Å². The molecule has 0 aliphatic rings. The molecule has 6 heteroatoms. The van der Waals surface area contributed by atoms with E-state index in [0.29, 0.717) is 30.6 Å². The summed E-state index contributed by atoms with van der Waals surface area (Å²) < 4.78 is 0. The van der Waals surface area contributed by atoms with E-state index in [2.05, 4.69) is 17.2 Å². The van der Waals surface area contributed by atoms with E-state index in [1.54, 1.807) is 6.92 Å². The molecule has 0 heterocycles. The summed E-state index contributed by atoms with van der Waals surface area (Å²) in [5, 5.41) is 14.1. The molecule has 1 aromatic carbocycles. The molecule has 0 unspecified atom stereocenters. The van der Waals surface area contributed by atoms with Gasteiger partial charge in [0, 0.05) is 24.2 Å². The molecule has 3 N–H and O–H groups in total. The summed E-state index contributed by atoms with van der Waals surface area (Å²) in [4.78, 5) is 33.7. The molecule has 0 fully saturated rings. The third-order valence-electron chi connectivity index (χ3n) is 2.71. The zero-order valence-electron chi connectivity index (χ0n) is 11.8. The molecule has 0 atom stereocenters. The second-order valence-electron chi connectivity index (χ2n) is 4.53. The maximum Gasteiger partial charge on any atom is 0.335 e. The molecule has 2 amide bonds. The largest absolute Gasteiger partial charge is 0.478 e. The number of carboxylic acids is 1. The van der Waals surface area contributed by atoms with E-state index in [9.17, 15) is 14.4 Å². The first-order valence-electron chi connectivity index (χ1n) is 6.47. The van der Waals surface area contributed by atoms with Crippen molar-refractivity contribution in [3.05, 3.63) is 47.5 Å². The second kappa shape index (κ2) is 7.84. The van der Waals surface area contributed by atoms with Gasteiger partial charge in [0.1, 0.15) is 0 Å². The van der Waals surface area contributed by atoms with Crippen molar-refractivity contribution in [3.8, 4) is 0 Å². The highest BCUT2D eigenvalue weighted by Crippen LogP contribution is 2.04. The standard InChI is InChI=1S/C15H18N2O4/c1-10(2)13(18)16-8-3-9-17-14(19)11-4-6-12(7-5-11)15(20)21/h4-7H,1,3,8-9H2,2H3,(H,16,18)(H,17,19)(H,20,21). The van der Waals surface area contributed by atoms with E-state index >= 15 is 0 Å². The van der Waals surface area contributed by atoms with E-state index in [0.717, 1.165) is 0 Å². The number of carbonyl (C=O) groups excluding carboxylic acids is 2. The van der Waals surface area contributed by atoms with Crippen molar-refractivity contribution in [2.24, 2.45) is 0 Å². The van der Waals surface area contributed by atoms with Gasteiger partial charge in [-0.1, -0.05) is 6.58 Å². The molecule has 112 valence electrons. The van der Waals surface area contributed by atoms with Crippen LogP contribution in [0.2, 0.25) is 0 Å². The van der Waals surface area contributed by atoms with Gasteiger partial charge in [-0.15, -0.1) is 0 Å². The van der Waals surface area contributed by atoms with Crippen LogP contribution in [0.4, 0.5) is 0 Å².